The van der Waals surface area contributed by atoms with Crippen LogP contribution < -0.4 is 0 Å². The van der Waals surface area contributed by atoms with Gasteiger partial charge < -0.3 is 14.9 Å². The molecule has 2 N–H and O–H groups in total. The predicted octanol–water partition coefficient (Wildman–Crippen LogP) is 3.64. The van der Waals surface area contributed by atoms with Crippen LogP contribution in [0.3, 0.4) is 0 Å². The molecule has 4 aliphatic carbocycles. The molecule has 4 nitrogen and oxygen atoms in total. The second-order valence-electron chi connectivity index (χ2n) is 9.96. The highest BCUT2D eigenvalue weighted by atomic mass is 16.7. The number of fused-ring (bicyclic) bond motifs is 5. The maximum Gasteiger partial charge on any atom is 0.305 e. The average Bonchev–Trinajstić information content (AvgIpc) is 2.79. The number of aliphatic hydroxyl groups excluding tert-OH is 1. The highest BCUT2D eigenvalue weighted by Crippen LogP contribution is 2.68. The van der Waals surface area contributed by atoms with E-state index in [2.05, 4.69) is 13.8 Å². The summed E-state index contributed by atoms with van der Waals surface area (Å²) in [5, 5.41) is 21.3. The molecule has 8 atom stereocenters. The molecule has 25 heavy (non-hydrogen) atoms. The van der Waals surface area contributed by atoms with Crippen molar-refractivity contribution < 1.29 is 19.7 Å². The highest BCUT2D eigenvalue weighted by Gasteiger charge is 2.66. The lowest BCUT2D eigenvalue weighted by atomic mass is 9.45. The van der Waals surface area contributed by atoms with E-state index in [0.717, 1.165) is 38.5 Å². The molecule has 0 bridgehead atoms. The summed E-state index contributed by atoms with van der Waals surface area (Å²) in [6.07, 6.45) is 8.94. The van der Waals surface area contributed by atoms with Crippen molar-refractivity contribution in [1.82, 2.24) is 0 Å². The van der Waals surface area contributed by atoms with Gasteiger partial charge in [0, 0.05) is 18.8 Å². The first-order valence-electron chi connectivity index (χ1n) is 10.3. The van der Waals surface area contributed by atoms with Crippen LogP contribution in [0.1, 0.15) is 78.6 Å². The van der Waals surface area contributed by atoms with Crippen LogP contribution in [0.4, 0.5) is 0 Å². The van der Waals surface area contributed by atoms with Crippen molar-refractivity contribution in [3.63, 3.8) is 0 Å². The summed E-state index contributed by atoms with van der Waals surface area (Å²) in [7, 11) is 0. The lowest BCUT2D eigenvalue weighted by Crippen LogP contribution is -2.57. The number of rotatable bonds is 1. The van der Waals surface area contributed by atoms with Gasteiger partial charge >= 0.3 is 5.97 Å². The van der Waals surface area contributed by atoms with Crippen LogP contribution in [0.2, 0.25) is 0 Å². The number of esters is 1. The van der Waals surface area contributed by atoms with E-state index in [1.807, 2.05) is 0 Å². The van der Waals surface area contributed by atoms with Gasteiger partial charge in [-0.2, -0.15) is 0 Å². The van der Waals surface area contributed by atoms with Gasteiger partial charge in [0.15, 0.2) is 0 Å². The lowest BCUT2D eigenvalue weighted by Gasteiger charge is -2.61. The van der Waals surface area contributed by atoms with Gasteiger partial charge in [-0.1, -0.05) is 13.8 Å². The molecule has 0 aromatic rings. The van der Waals surface area contributed by atoms with Crippen molar-refractivity contribution in [2.75, 3.05) is 0 Å². The predicted molar refractivity (Wildman–Crippen MR) is 94.4 cm³/mol. The first kappa shape index (κ1) is 17.8. The molecule has 0 aliphatic heterocycles. The van der Waals surface area contributed by atoms with Crippen LogP contribution in [0.15, 0.2) is 0 Å². The van der Waals surface area contributed by atoms with Gasteiger partial charge in [-0.25, -0.2) is 0 Å². The molecular formula is C21H34O4. The Morgan fingerprint density at radius 2 is 1.72 bits per heavy atom. The SMILES string of the molecule is CC(=O)OC1(O)CC[C@H]2[C@@H]3CCC4CC(O)CC[C@]4(C)[C@@H]3CC[C@@]21C. The molecule has 0 saturated heterocycles. The van der Waals surface area contributed by atoms with Crippen LogP contribution in [0.25, 0.3) is 0 Å². The summed E-state index contributed by atoms with van der Waals surface area (Å²) in [6.45, 7) is 6.03. The maximum atomic E-state index is 11.6. The van der Waals surface area contributed by atoms with Crippen LogP contribution in [-0.4, -0.2) is 28.1 Å². The molecular weight excluding hydrogens is 316 g/mol. The molecule has 0 heterocycles. The van der Waals surface area contributed by atoms with E-state index >= 15 is 0 Å². The first-order chi connectivity index (χ1) is 11.7. The molecule has 0 amide bonds. The largest absolute Gasteiger partial charge is 0.433 e. The topological polar surface area (TPSA) is 66.8 Å². The van der Waals surface area contributed by atoms with Crippen molar-refractivity contribution in [2.45, 2.75) is 90.4 Å². The van der Waals surface area contributed by atoms with Crippen molar-refractivity contribution in [1.29, 1.82) is 0 Å². The molecule has 4 aliphatic rings. The Balaban J connectivity index is 1.61. The smallest absolute Gasteiger partial charge is 0.305 e. The number of hydrogen-bond acceptors (Lipinski definition) is 4. The molecule has 3 unspecified atom stereocenters. The Bertz CT molecular complexity index is 562. The summed E-state index contributed by atoms with van der Waals surface area (Å²) < 4.78 is 5.48. The standard InChI is InChI=1S/C21H34O4/c1-13(22)25-21(24)11-8-18-16-5-4-14-12-15(23)6-9-19(14,2)17(16)7-10-20(18,21)3/h14-18,23-24H,4-12H2,1-3H3/t14?,15?,16-,17-,18+,19+,20+,21?/m1/s1. The minimum absolute atomic E-state index is 0.107. The quantitative estimate of drug-likeness (QED) is 0.560. The van der Waals surface area contributed by atoms with E-state index in [1.165, 1.54) is 19.8 Å². The zero-order valence-corrected chi connectivity index (χ0v) is 16.0. The Hall–Kier alpha value is -0.610. The van der Waals surface area contributed by atoms with Gasteiger partial charge in [-0.3, -0.25) is 4.79 Å². The van der Waals surface area contributed by atoms with Crippen LogP contribution in [0, 0.1) is 34.5 Å². The third kappa shape index (κ3) is 2.43. The van der Waals surface area contributed by atoms with E-state index in [1.54, 1.807) is 0 Å². The fourth-order valence-electron chi connectivity index (χ4n) is 7.62. The Morgan fingerprint density at radius 3 is 2.44 bits per heavy atom. The van der Waals surface area contributed by atoms with Gasteiger partial charge in [0.25, 0.3) is 0 Å². The molecule has 4 fully saturated rings. The van der Waals surface area contributed by atoms with Gasteiger partial charge in [0.1, 0.15) is 0 Å². The van der Waals surface area contributed by atoms with Gasteiger partial charge in [-0.15, -0.1) is 0 Å². The monoisotopic (exact) mass is 350 g/mol. The summed E-state index contributed by atoms with van der Waals surface area (Å²) in [5.41, 5.74) is 0.0306. The lowest BCUT2D eigenvalue weighted by molar-refractivity contribution is -0.266. The van der Waals surface area contributed by atoms with Crippen LogP contribution in [-0.2, 0) is 9.53 Å². The van der Waals surface area contributed by atoms with Crippen LogP contribution in [0.5, 0.6) is 0 Å². The molecule has 4 heteroatoms. The Morgan fingerprint density at radius 1 is 1.00 bits per heavy atom. The van der Waals surface area contributed by atoms with E-state index in [9.17, 15) is 15.0 Å². The second-order valence-corrected chi connectivity index (χ2v) is 9.96. The van der Waals surface area contributed by atoms with Crippen molar-refractivity contribution in [3.8, 4) is 0 Å². The molecule has 0 aromatic carbocycles. The van der Waals surface area contributed by atoms with E-state index < -0.39 is 5.79 Å². The van der Waals surface area contributed by atoms with Crippen molar-refractivity contribution >= 4 is 5.97 Å². The van der Waals surface area contributed by atoms with Gasteiger partial charge in [-0.05, 0) is 80.5 Å². The van der Waals surface area contributed by atoms with E-state index in [-0.39, 0.29) is 17.5 Å². The number of ether oxygens (including phenoxy) is 1. The number of aliphatic hydroxyl groups is 2. The first-order valence-corrected chi connectivity index (χ1v) is 10.3. The summed E-state index contributed by atoms with van der Waals surface area (Å²) in [6, 6.07) is 0. The molecule has 0 aromatic heterocycles. The number of hydrogen-bond donors (Lipinski definition) is 2. The fourth-order valence-corrected chi connectivity index (χ4v) is 7.62. The molecule has 4 saturated carbocycles. The average molecular weight is 350 g/mol. The molecule has 0 spiro atoms. The summed E-state index contributed by atoms with van der Waals surface area (Å²) in [4.78, 5) is 11.6. The molecule has 4 rings (SSSR count). The Kier molecular flexibility index (Phi) is 4.05. The third-order valence-electron chi connectivity index (χ3n) is 9.03. The Labute approximate surface area is 151 Å². The minimum Gasteiger partial charge on any atom is -0.433 e. The second kappa shape index (κ2) is 5.69. The zero-order valence-electron chi connectivity index (χ0n) is 16.0. The number of carbonyl (C=O) groups excluding carboxylic acids is 1. The molecule has 0 radical (unpaired) electrons. The third-order valence-corrected chi connectivity index (χ3v) is 9.03. The maximum absolute atomic E-state index is 11.6. The summed E-state index contributed by atoms with van der Waals surface area (Å²) in [5.74, 6) is 0.755. The number of carbonyl (C=O) groups is 1. The van der Waals surface area contributed by atoms with Crippen molar-refractivity contribution in [2.24, 2.45) is 34.5 Å². The fraction of sp³-hybridized carbons (Fsp3) is 0.952. The van der Waals surface area contributed by atoms with Gasteiger partial charge in [0.05, 0.1) is 6.10 Å². The van der Waals surface area contributed by atoms with Gasteiger partial charge in [0.2, 0.25) is 5.79 Å². The zero-order chi connectivity index (χ0) is 18.0. The molecule has 142 valence electrons. The summed E-state index contributed by atoms with van der Waals surface area (Å²) >= 11 is 0. The van der Waals surface area contributed by atoms with Crippen LogP contribution >= 0.6 is 0 Å². The van der Waals surface area contributed by atoms with E-state index in [0.29, 0.717) is 35.5 Å². The van der Waals surface area contributed by atoms with E-state index in [4.69, 9.17) is 4.74 Å². The highest BCUT2D eigenvalue weighted by molar-refractivity contribution is 5.66. The normalized spacial score (nSPS) is 55.0. The minimum atomic E-state index is -1.28. The van der Waals surface area contributed by atoms with Crippen molar-refractivity contribution in [3.05, 3.63) is 0 Å².